The molecule has 0 aliphatic carbocycles. The SMILES string of the molecule is CCC(NC(=O)CNC(=O)c1ccc(OC(C)C)cc1)c1ccc(OC)cc1. The van der Waals surface area contributed by atoms with Crippen molar-refractivity contribution in [2.45, 2.75) is 39.3 Å². The average Bonchev–Trinajstić information content (AvgIpc) is 2.70. The van der Waals surface area contributed by atoms with Crippen LogP contribution in [0.5, 0.6) is 11.5 Å². The van der Waals surface area contributed by atoms with Gasteiger partial charge in [0.2, 0.25) is 5.91 Å². The van der Waals surface area contributed by atoms with Gasteiger partial charge in [0.05, 0.1) is 25.8 Å². The molecule has 0 fully saturated rings. The number of hydrogen-bond acceptors (Lipinski definition) is 4. The molecule has 2 amide bonds. The second-order valence-corrected chi connectivity index (χ2v) is 6.68. The Kier molecular flexibility index (Phi) is 7.87. The summed E-state index contributed by atoms with van der Waals surface area (Å²) in [5, 5.41) is 5.59. The first-order chi connectivity index (χ1) is 13.4. The van der Waals surface area contributed by atoms with Crippen LogP contribution in [0.4, 0.5) is 0 Å². The Bertz CT molecular complexity index is 770. The summed E-state index contributed by atoms with van der Waals surface area (Å²) in [6.07, 6.45) is 0.809. The van der Waals surface area contributed by atoms with Crippen LogP contribution in [0.3, 0.4) is 0 Å². The first-order valence-electron chi connectivity index (χ1n) is 9.41. The minimum absolute atomic E-state index is 0.0700. The van der Waals surface area contributed by atoms with E-state index in [1.165, 1.54) is 0 Å². The minimum Gasteiger partial charge on any atom is -0.497 e. The number of amides is 2. The van der Waals surface area contributed by atoms with Crippen molar-refractivity contribution in [1.82, 2.24) is 10.6 Å². The highest BCUT2D eigenvalue weighted by Crippen LogP contribution is 2.20. The van der Waals surface area contributed by atoms with Gasteiger partial charge in [-0.25, -0.2) is 0 Å². The van der Waals surface area contributed by atoms with E-state index in [1.54, 1.807) is 31.4 Å². The number of carbonyl (C=O) groups is 2. The van der Waals surface area contributed by atoms with Crippen LogP contribution in [-0.2, 0) is 4.79 Å². The van der Waals surface area contributed by atoms with Crippen molar-refractivity contribution in [2.75, 3.05) is 13.7 Å². The van der Waals surface area contributed by atoms with Crippen LogP contribution in [0.2, 0.25) is 0 Å². The van der Waals surface area contributed by atoms with E-state index in [0.717, 1.165) is 17.7 Å². The number of ether oxygens (including phenoxy) is 2. The summed E-state index contributed by atoms with van der Waals surface area (Å²) < 4.78 is 10.7. The quantitative estimate of drug-likeness (QED) is 0.694. The minimum atomic E-state index is -0.302. The highest BCUT2D eigenvalue weighted by molar-refractivity contribution is 5.96. The molecule has 0 heterocycles. The average molecular weight is 384 g/mol. The molecule has 2 N–H and O–H groups in total. The van der Waals surface area contributed by atoms with Gasteiger partial charge in [0.15, 0.2) is 0 Å². The van der Waals surface area contributed by atoms with Crippen LogP contribution < -0.4 is 20.1 Å². The largest absolute Gasteiger partial charge is 0.497 e. The molecule has 6 nitrogen and oxygen atoms in total. The first-order valence-corrected chi connectivity index (χ1v) is 9.41. The summed E-state index contributed by atoms with van der Waals surface area (Å²) in [5.74, 6) is 0.927. The molecule has 1 atom stereocenters. The lowest BCUT2D eigenvalue weighted by Gasteiger charge is -2.18. The topological polar surface area (TPSA) is 76.7 Å². The number of hydrogen-bond donors (Lipinski definition) is 2. The summed E-state index contributed by atoms with van der Waals surface area (Å²) in [6, 6.07) is 14.3. The molecule has 2 rings (SSSR count). The first kappa shape index (κ1) is 21.3. The van der Waals surface area contributed by atoms with E-state index in [2.05, 4.69) is 10.6 Å². The summed E-state index contributed by atoms with van der Waals surface area (Å²) in [6.45, 7) is 5.79. The lowest BCUT2D eigenvalue weighted by molar-refractivity contribution is -0.120. The Hall–Kier alpha value is -3.02. The molecule has 0 saturated carbocycles. The molecule has 0 bridgehead atoms. The molecule has 0 radical (unpaired) electrons. The fraction of sp³-hybridized carbons (Fsp3) is 0.364. The summed E-state index contributed by atoms with van der Waals surface area (Å²) in [7, 11) is 1.61. The van der Waals surface area contributed by atoms with E-state index in [1.807, 2.05) is 45.0 Å². The van der Waals surface area contributed by atoms with Crippen LogP contribution in [-0.4, -0.2) is 31.6 Å². The van der Waals surface area contributed by atoms with Gasteiger partial charge in [-0.2, -0.15) is 0 Å². The Labute approximate surface area is 166 Å². The van der Waals surface area contributed by atoms with Gasteiger partial charge in [0, 0.05) is 5.56 Å². The molecule has 2 aromatic carbocycles. The van der Waals surface area contributed by atoms with Gasteiger partial charge in [-0.1, -0.05) is 19.1 Å². The zero-order valence-corrected chi connectivity index (χ0v) is 16.8. The van der Waals surface area contributed by atoms with Crippen molar-refractivity contribution in [1.29, 1.82) is 0 Å². The number of methoxy groups -OCH3 is 1. The Morgan fingerprint density at radius 3 is 2.11 bits per heavy atom. The highest BCUT2D eigenvalue weighted by atomic mass is 16.5. The Balaban J connectivity index is 1.86. The van der Waals surface area contributed by atoms with Crippen LogP contribution in [0.25, 0.3) is 0 Å². The highest BCUT2D eigenvalue weighted by Gasteiger charge is 2.14. The number of nitrogens with one attached hydrogen (secondary N) is 2. The maximum atomic E-state index is 12.2. The Morgan fingerprint density at radius 1 is 0.964 bits per heavy atom. The van der Waals surface area contributed by atoms with Gasteiger partial charge in [-0.15, -0.1) is 0 Å². The normalized spacial score (nSPS) is 11.6. The third kappa shape index (κ3) is 6.30. The van der Waals surface area contributed by atoms with Gasteiger partial charge in [0.25, 0.3) is 5.91 Å². The van der Waals surface area contributed by atoms with Gasteiger partial charge >= 0.3 is 0 Å². The molecule has 28 heavy (non-hydrogen) atoms. The van der Waals surface area contributed by atoms with Crippen LogP contribution in [0.15, 0.2) is 48.5 Å². The van der Waals surface area contributed by atoms with Crippen molar-refractivity contribution < 1.29 is 19.1 Å². The van der Waals surface area contributed by atoms with Gasteiger partial charge in [-0.3, -0.25) is 9.59 Å². The number of carbonyl (C=O) groups excluding carboxylic acids is 2. The summed E-state index contributed by atoms with van der Waals surface area (Å²) in [5.41, 5.74) is 1.47. The van der Waals surface area contributed by atoms with Gasteiger partial charge in [0.1, 0.15) is 11.5 Å². The molecule has 0 saturated heterocycles. The number of rotatable bonds is 9. The molecule has 0 spiro atoms. The lowest BCUT2D eigenvalue weighted by atomic mass is 10.0. The van der Waals surface area contributed by atoms with Crippen molar-refractivity contribution in [3.05, 3.63) is 59.7 Å². The maximum absolute atomic E-state index is 12.2. The monoisotopic (exact) mass is 384 g/mol. The molecule has 150 valence electrons. The second-order valence-electron chi connectivity index (χ2n) is 6.68. The van der Waals surface area contributed by atoms with Gasteiger partial charge in [-0.05, 0) is 62.2 Å². The van der Waals surface area contributed by atoms with Crippen molar-refractivity contribution in [3.63, 3.8) is 0 Å². The smallest absolute Gasteiger partial charge is 0.251 e. The summed E-state index contributed by atoms with van der Waals surface area (Å²) in [4.78, 5) is 24.5. The van der Waals surface area contributed by atoms with Gasteiger partial charge < -0.3 is 20.1 Å². The van der Waals surface area contributed by atoms with Crippen molar-refractivity contribution in [2.24, 2.45) is 0 Å². The van der Waals surface area contributed by atoms with Crippen LogP contribution in [0.1, 0.15) is 49.2 Å². The van der Waals surface area contributed by atoms with E-state index in [-0.39, 0.29) is 30.5 Å². The molecule has 0 aliphatic rings. The molecule has 6 heteroatoms. The van der Waals surface area contributed by atoms with E-state index in [0.29, 0.717) is 11.3 Å². The molecule has 1 unspecified atom stereocenters. The van der Waals surface area contributed by atoms with E-state index >= 15 is 0 Å². The van der Waals surface area contributed by atoms with Crippen molar-refractivity contribution in [3.8, 4) is 11.5 Å². The second kappa shape index (κ2) is 10.3. The molecule has 0 aromatic heterocycles. The zero-order valence-electron chi connectivity index (χ0n) is 16.8. The van der Waals surface area contributed by atoms with E-state index in [9.17, 15) is 9.59 Å². The fourth-order valence-electron chi connectivity index (χ4n) is 2.72. The maximum Gasteiger partial charge on any atom is 0.251 e. The molecule has 0 aliphatic heterocycles. The third-order valence-electron chi connectivity index (χ3n) is 4.16. The third-order valence-corrected chi connectivity index (χ3v) is 4.16. The van der Waals surface area contributed by atoms with E-state index in [4.69, 9.17) is 9.47 Å². The fourth-order valence-corrected chi connectivity index (χ4v) is 2.72. The number of benzene rings is 2. The predicted octanol–water partition coefficient (Wildman–Crippen LogP) is 3.48. The standard InChI is InChI=1S/C22H28N2O4/c1-5-20(16-6-10-18(27-4)11-7-16)24-21(25)14-23-22(26)17-8-12-19(13-9-17)28-15(2)3/h6-13,15,20H,5,14H2,1-4H3,(H,23,26)(H,24,25). The molecular weight excluding hydrogens is 356 g/mol. The van der Waals surface area contributed by atoms with Crippen LogP contribution in [0, 0.1) is 0 Å². The van der Waals surface area contributed by atoms with Crippen molar-refractivity contribution >= 4 is 11.8 Å². The molecule has 2 aromatic rings. The molecular formula is C22H28N2O4. The van der Waals surface area contributed by atoms with Crippen LogP contribution >= 0.6 is 0 Å². The van der Waals surface area contributed by atoms with E-state index < -0.39 is 0 Å². The summed E-state index contributed by atoms with van der Waals surface area (Å²) >= 11 is 0. The lowest BCUT2D eigenvalue weighted by Crippen LogP contribution is -2.38. The zero-order chi connectivity index (χ0) is 20.5. The predicted molar refractivity (Wildman–Crippen MR) is 109 cm³/mol. The Morgan fingerprint density at radius 2 is 1.57 bits per heavy atom.